The van der Waals surface area contributed by atoms with Crippen LogP contribution < -0.4 is 0 Å². The topological polar surface area (TPSA) is 23.8 Å². The van der Waals surface area contributed by atoms with E-state index in [1.54, 1.807) is 17.4 Å². The molecule has 0 radical (unpaired) electrons. The van der Waals surface area contributed by atoms with Gasteiger partial charge in [0.15, 0.2) is 0 Å². The number of nitrogens with zero attached hydrogens (tertiary/aromatic N) is 1. The van der Waals surface area contributed by atoms with Crippen LogP contribution in [0.1, 0.15) is 18.1 Å². The summed E-state index contributed by atoms with van der Waals surface area (Å²) in [4.78, 5) is 0. The molecule has 0 aliphatic carbocycles. The molecular weight excluding hydrogens is 214 g/mol. The van der Waals surface area contributed by atoms with Crippen molar-refractivity contribution in [2.75, 3.05) is 0 Å². The van der Waals surface area contributed by atoms with Gasteiger partial charge in [0.1, 0.15) is 6.07 Å². The number of nitriles is 1. The first kappa shape index (κ1) is 9.51. The number of rotatable bonds is 1. The first-order valence-electron chi connectivity index (χ1n) is 4.36. The highest BCUT2D eigenvalue weighted by Gasteiger charge is 2.09. The zero-order valence-electron chi connectivity index (χ0n) is 7.67. The number of aryl methyl sites for hydroxylation is 1. The third-order valence-electron chi connectivity index (χ3n) is 2.25. The predicted octanol–water partition coefficient (Wildman–Crippen LogP) is 3.99. The quantitative estimate of drug-likeness (QED) is 0.715. The second-order valence-corrected chi connectivity index (χ2v) is 4.32. The van der Waals surface area contributed by atoms with Gasteiger partial charge in [-0.15, -0.1) is 11.3 Å². The molecule has 0 aliphatic heterocycles. The highest BCUT2D eigenvalue weighted by atomic mass is 35.5. The van der Waals surface area contributed by atoms with E-state index in [0.29, 0.717) is 10.6 Å². The molecule has 0 saturated heterocycles. The Bertz CT molecular complexity index is 522. The fourth-order valence-corrected chi connectivity index (χ4v) is 2.93. The van der Waals surface area contributed by atoms with Crippen molar-refractivity contribution in [3.05, 3.63) is 33.7 Å². The molecule has 1 aromatic heterocycles. The molecule has 0 unspecified atom stereocenters. The molecule has 1 nitrogen and oxygen atoms in total. The summed E-state index contributed by atoms with van der Waals surface area (Å²) >= 11 is 7.83. The summed E-state index contributed by atoms with van der Waals surface area (Å²) in [5.41, 5.74) is 1.79. The molecule has 0 bridgehead atoms. The predicted molar refractivity (Wildman–Crippen MR) is 60.9 cm³/mol. The molecule has 0 atom stereocenters. The van der Waals surface area contributed by atoms with Crippen LogP contribution in [0.5, 0.6) is 0 Å². The lowest BCUT2D eigenvalue weighted by atomic mass is 10.1. The van der Waals surface area contributed by atoms with E-state index in [0.717, 1.165) is 16.5 Å². The van der Waals surface area contributed by atoms with E-state index < -0.39 is 0 Å². The largest absolute Gasteiger partial charge is 0.192 e. The van der Waals surface area contributed by atoms with Gasteiger partial charge in [-0.25, -0.2) is 0 Å². The lowest BCUT2D eigenvalue weighted by Gasteiger charge is -1.99. The van der Waals surface area contributed by atoms with Crippen molar-refractivity contribution in [3.63, 3.8) is 0 Å². The van der Waals surface area contributed by atoms with Crippen molar-refractivity contribution in [1.29, 1.82) is 5.26 Å². The Morgan fingerprint density at radius 2 is 2.29 bits per heavy atom. The van der Waals surface area contributed by atoms with E-state index >= 15 is 0 Å². The summed E-state index contributed by atoms with van der Waals surface area (Å²) in [6.07, 6.45) is 0.953. The standard InChI is InChI=1S/C11H8ClNS/c1-2-7-6-14-9-4-3-8(5-13)11(12)10(7)9/h3-4,6H,2H2,1H3. The fraction of sp³-hybridized carbons (Fsp3) is 0.182. The zero-order valence-corrected chi connectivity index (χ0v) is 9.25. The Kier molecular flexibility index (Phi) is 2.45. The third-order valence-corrected chi connectivity index (χ3v) is 3.64. The van der Waals surface area contributed by atoms with Gasteiger partial charge in [0.25, 0.3) is 0 Å². The summed E-state index contributed by atoms with van der Waals surface area (Å²) in [7, 11) is 0. The average Bonchev–Trinajstić information content (AvgIpc) is 2.62. The van der Waals surface area contributed by atoms with E-state index in [1.165, 1.54) is 5.56 Å². The molecule has 2 aromatic rings. The lowest BCUT2D eigenvalue weighted by Crippen LogP contribution is -1.81. The first-order valence-corrected chi connectivity index (χ1v) is 5.62. The summed E-state index contributed by atoms with van der Waals surface area (Å²) in [6.45, 7) is 2.09. The van der Waals surface area contributed by atoms with E-state index in [2.05, 4.69) is 18.4 Å². The minimum atomic E-state index is 0.562. The van der Waals surface area contributed by atoms with Gasteiger partial charge in [-0.05, 0) is 29.5 Å². The van der Waals surface area contributed by atoms with Gasteiger partial charge in [-0.3, -0.25) is 0 Å². The second kappa shape index (κ2) is 3.61. The summed E-state index contributed by atoms with van der Waals surface area (Å²) in [5.74, 6) is 0. The highest BCUT2D eigenvalue weighted by Crippen LogP contribution is 2.34. The maximum absolute atomic E-state index is 8.85. The molecule has 0 fully saturated rings. The number of fused-ring (bicyclic) bond motifs is 1. The average molecular weight is 222 g/mol. The minimum absolute atomic E-state index is 0.562. The van der Waals surface area contributed by atoms with Crippen LogP contribution in [-0.4, -0.2) is 0 Å². The third kappa shape index (κ3) is 1.30. The lowest BCUT2D eigenvalue weighted by molar-refractivity contribution is 1.17. The normalized spacial score (nSPS) is 10.4. The Morgan fingerprint density at radius 3 is 2.93 bits per heavy atom. The van der Waals surface area contributed by atoms with Crippen LogP contribution in [0.2, 0.25) is 5.02 Å². The Morgan fingerprint density at radius 1 is 1.50 bits per heavy atom. The molecule has 1 heterocycles. The van der Waals surface area contributed by atoms with Crippen LogP contribution in [0.25, 0.3) is 10.1 Å². The van der Waals surface area contributed by atoms with Crippen molar-refractivity contribution in [2.24, 2.45) is 0 Å². The molecule has 70 valence electrons. The zero-order chi connectivity index (χ0) is 10.1. The molecule has 0 saturated carbocycles. The van der Waals surface area contributed by atoms with Crippen LogP contribution in [0.15, 0.2) is 17.5 Å². The second-order valence-electron chi connectivity index (χ2n) is 3.03. The Hall–Kier alpha value is -1.04. The van der Waals surface area contributed by atoms with Crippen molar-refractivity contribution in [2.45, 2.75) is 13.3 Å². The van der Waals surface area contributed by atoms with Crippen LogP contribution in [0.4, 0.5) is 0 Å². The van der Waals surface area contributed by atoms with Gasteiger partial charge in [0.05, 0.1) is 10.6 Å². The van der Waals surface area contributed by atoms with Crippen molar-refractivity contribution in [3.8, 4) is 6.07 Å². The summed E-state index contributed by atoms with van der Waals surface area (Å²) in [6, 6.07) is 5.84. The Balaban J connectivity index is 2.85. The van der Waals surface area contributed by atoms with Crippen LogP contribution in [0.3, 0.4) is 0 Å². The van der Waals surface area contributed by atoms with Crippen LogP contribution in [-0.2, 0) is 6.42 Å². The first-order chi connectivity index (χ1) is 6.77. The summed E-state index contributed by atoms with van der Waals surface area (Å²) in [5, 5.41) is 12.6. The van der Waals surface area contributed by atoms with Crippen molar-refractivity contribution < 1.29 is 0 Å². The smallest absolute Gasteiger partial charge is 0.101 e. The number of benzene rings is 1. The number of hydrogen-bond acceptors (Lipinski definition) is 2. The van der Waals surface area contributed by atoms with Crippen molar-refractivity contribution in [1.82, 2.24) is 0 Å². The van der Waals surface area contributed by atoms with E-state index in [1.807, 2.05) is 6.07 Å². The van der Waals surface area contributed by atoms with Gasteiger partial charge >= 0.3 is 0 Å². The van der Waals surface area contributed by atoms with Gasteiger partial charge in [0, 0.05) is 10.1 Å². The molecule has 0 aliphatic rings. The molecule has 3 heteroatoms. The monoisotopic (exact) mass is 221 g/mol. The van der Waals surface area contributed by atoms with Crippen molar-refractivity contribution >= 4 is 33.0 Å². The van der Waals surface area contributed by atoms with Gasteiger partial charge in [0.2, 0.25) is 0 Å². The Labute approximate surface area is 91.5 Å². The van der Waals surface area contributed by atoms with Crippen LogP contribution in [0, 0.1) is 11.3 Å². The SMILES string of the molecule is CCc1csc2ccc(C#N)c(Cl)c12. The van der Waals surface area contributed by atoms with Gasteiger partial charge in [-0.1, -0.05) is 18.5 Å². The number of thiophene rings is 1. The number of hydrogen-bond donors (Lipinski definition) is 0. The van der Waals surface area contributed by atoms with Gasteiger partial charge in [-0.2, -0.15) is 5.26 Å². The minimum Gasteiger partial charge on any atom is -0.192 e. The maximum atomic E-state index is 8.85. The fourth-order valence-electron chi connectivity index (χ4n) is 1.50. The van der Waals surface area contributed by atoms with Crippen LogP contribution >= 0.6 is 22.9 Å². The van der Waals surface area contributed by atoms with E-state index in [9.17, 15) is 0 Å². The molecule has 2 rings (SSSR count). The molecule has 0 amide bonds. The highest BCUT2D eigenvalue weighted by molar-refractivity contribution is 7.17. The van der Waals surface area contributed by atoms with E-state index in [4.69, 9.17) is 16.9 Å². The molecule has 0 N–H and O–H groups in total. The molecule has 1 aromatic carbocycles. The molecule has 14 heavy (non-hydrogen) atoms. The molecular formula is C11H8ClNS. The number of halogens is 1. The summed E-state index contributed by atoms with van der Waals surface area (Å²) < 4.78 is 1.16. The van der Waals surface area contributed by atoms with Gasteiger partial charge < -0.3 is 0 Å². The molecule has 0 spiro atoms. The van der Waals surface area contributed by atoms with E-state index in [-0.39, 0.29) is 0 Å². The maximum Gasteiger partial charge on any atom is 0.101 e.